The zero-order valence-corrected chi connectivity index (χ0v) is 11.9. The van der Waals surface area contributed by atoms with Gasteiger partial charge < -0.3 is 5.11 Å². The lowest BCUT2D eigenvalue weighted by atomic mass is 10.3. The summed E-state index contributed by atoms with van der Waals surface area (Å²) in [6, 6.07) is 1.97. The molecule has 0 spiro atoms. The molecule has 0 atom stereocenters. The number of imidazole rings is 1. The van der Waals surface area contributed by atoms with E-state index in [1.54, 1.807) is 6.92 Å². The zero-order valence-electron chi connectivity index (χ0n) is 11.9. The SMILES string of the molecule is Cc1cc(C)n2cc(Cn3nnc(C(=O)O)c3C)nc2n1. The molecule has 0 bridgehead atoms. The second kappa shape index (κ2) is 4.65. The predicted molar refractivity (Wildman–Crippen MR) is 73.3 cm³/mol. The van der Waals surface area contributed by atoms with Crippen molar-refractivity contribution in [2.24, 2.45) is 0 Å². The van der Waals surface area contributed by atoms with E-state index in [9.17, 15) is 4.79 Å². The summed E-state index contributed by atoms with van der Waals surface area (Å²) in [7, 11) is 0. The van der Waals surface area contributed by atoms with Crippen LogP contribution in [-0.4, -0.2) is 40.4 Å². The van der Waals surface area contributed by atoms with Crippen LogP contribution in [-0.2, 0) is 6.54 Å². The van der Waals surface area contributed by atoms with Gasteiger partial charge in [-0.3, -0.25) is 4.40 Å². The molecule has 0 aliphatic carbocycles. The lowest BCUT2D eigenvalue weighted by Gasteiger charge is -1.99. The molecule has 3 heterocycles. The summed E-state index contributed by atoms with van der Waals surface area (Å²) in [6.07, 6.45) is 1.87. The number of hydrogen-bond donors (Lipinski definition) is 1. The maximum atomic E-state index is 11.0. The quantitative estimate of drug-likeness (QED) is 0.771. The van der Waals surface area contributed by atoms with Gasteiger partial charge in [0.25, 0.3) is 0 Å². The molecule has 0 fully saturated rings. The summed E-state index contributed by atoms with van der Waals surface area (Å²) < 4.78 is 3.42. The highest BCUT2D eigenvalue weighted by Gasteiger charge is 2.16. The number of aromatic carboxylic acids is 1. The van der Waals surface area contributed by atoms with E-state index < -0.39 is 5.97 Å². The fourth-order valence-electron chi connectivity index (χ4n) is 2.26. The summed E-state index contributed by atoms with van der Waals surface area (Å²) in [5.41, 5.74) is 3.16. The maximum absolute atomic E-state index is 11.0. The molecule has 0 radical (unpaired) electrons. The van der Waals surface area contributed by atoms with Crippen LogP contribution in [0.25, 0.3) is 5.78 Å². The first-order chi connectivity index (χ1) is 9.95. The van der Waals surface area contributed by atoms with Crippen molar-refractivity contribution in [1.29, 1.82) is 0 Å². The standard InChI is InChI=1S/C13H14N6O2/c1-7-4-8(2)18-5-10(15-13(18)14-7)6-19-9(3)11(12(20)21)16-17-19/h4-5H,6H2,1-3H3,(H,20,21). The Morgan fingerprint density at radius 2 is 2.05 bits per heavy atom. The lowest BCUT2D eigenvalue weighted by Crippen LogP contribution is -2.06. The average Bonchev–Trinajstić information content (AvgIpc) is 2.94. The van der Waals surface area contributed by atoms with E-state index in [1.807, 2.05) is 30.5 Å². The van der Waals surface area contributed by atoms with Gasteiger partial charge in [-0.2, -0.15) is 0 Å². The Labute approximate surface area is 120 Å². The smallest absolute Gasteiger partial charge is 0.358 e. The molecule has 0 aliphatic heterocycles. The van der Waals surface area contributed by atoms with Crippen molar-refractivity contribution in [2.45, 2.75) is 27.3 Å². The van der Waals surface area contributed by atoms with E-state index in [0.29, 0.717) is 18.0 Å². The van der Waals surface area contributed by atoms with Crippen LogP contribution >= 0.6 is 0 Å². The molecule has 0 amide bonds. The topological polar surface area (TPSA) is 98.2 Å². The van der Waals surface area contributed by atoms with Gasteiger partial charge in [0, 0.05) is 17.6 Å². The van der Waals surface area contributed by atoms with Crippen LogP contribution in [0, 0.1) is 20.8 Å². The monoisotopic (exact) mass is 286 g/mol. The van der Waals surface area contributed by atoms with E-state index in [2.05, 4.69) is 20.3 Å². The fraction of sp³-hybridized carbons (Fsp3) is 0.308. The van der Waals surface area contributed by atoms with Crippen LogP contribution in [0.15, 0.2) is 12.3 Å². The minimum atomic E-state index is -1.08. The molecule has 3 aromatic heterocycles. The Morgan fingerprint density at radius 3 is 2.71 bits per heavy atom. The number of carboxylic acids is 1. The number of fused-ring (bicyclic) bond motifs is 1. The highest BCUT2D eigenvalue weighted by molar-refractivity contribution is 5.86. The third-order valence-electron chi connectivity index (χ3n) is 3.31. The molecule has 0 unspecified atom stereocenters. The zero-order chi connectivity index (χ0) is 15.1. The molecule has 1 N–H and O–H groups in total. The molecule has 0 aromatic carbocycles. The van der Waals surface area contributed by atoms with Gasteiger partial charge in [0.15, 0.2) is 5.69 Å². The molecule has 21 heavy (non-hydrogen) atoms. The van der Waals surface area contributed by atoms with Crippen LogP contribution in [0.1, 0.15) is 33.3 Å². The Hall–Kier alpha value is -2.77. The van der Waals surface area contributed by atoms with Crippen molar-refractivity contribution in [3.05, 3.63) is 40.7 Å². The fourth-order valence-corrected chi connectivity index (χ4v) is 2.26. The number of rotatable bonds is 3. The van der Waals surface area contributed by atoms with Crippen LogP contribution < -0.4 is 0 Å². The number of nitrogens with zero attached hydrogens (tertiary/aromatic N) is 6. The number of aryl methyl sites for hydroxylation is 2. The normalized spacial score (nSPS) is 11.2. The molecular weight excluding hydrogens is 272 g/mol. The number of carbonyl (C=O) groups is 1. The molecular formula is C13H14N6O2. The number of hydrogen-bond acceptors (Lipinski definition) is 5. The molecule has 0 aliphatic rings. The molecule has 3 rings (SSSR count). The summed E-state index contributed by atoms with van der Waals surface area (Å²) in [5.74, 6) is -0.458. The second-order valence-electron chi connectivity index (χ2n) is 4.93. The Balaban J connectivity index is 1.99. The molecule has 8 nitrogen and oxygen atoms in total. The molecule has 0 saturated heterocycles. The molecule has 108 valence electrons. The molecule has 3 aromatic rings. The van der Waals surface area contributed by atoms with Crippen molar-refractivity contribution >= 4 is 11.7 Å². The molecule has 0 saturated carbocycles. The van der Waals surface area contributed by atoms with Crippen LogP contribution in [0.2, 0.25) is 0 Å². The van der Waals surface area contributed by atoms with Gasteiger partial charge in [0.1, 0.15) is 0 Å². The van der Waals surface area contributed by atoms with Crippen molar-refractivity contribution in [2.75, 3.05) is 0 Å². The van der Waals surface area contributed by atoms with Gasteiger partial charge in [-0.25, -0.2) is 19.4 Å². The Morgan fingerprint density at radius 1 is 1.29 bits per heavy atom. The van der Waals surface area contributed by atoms with Gasteiger partial charge in [0.05, 0.1) is 17.9 Å². The van der Waals surface area contributed by atoms with E-state index in [1.165, 1.54) is 4.68 Å². The van der Waals surface area contributed by atoms with Crippen LogP contribution in [0.5, 0.6) is 0 Å². The summed E-state index contributed by atoms with van der Waals surface area (Å²) in [4.78, 5) is 19.8. The van der Waals surface area contributed by atoms with Gasteiger partial charge in [0.2, 0.25) is 5.78 Å². The van der Waals surface area contributed by atoms with Crippen molar-refractivity contribution in [3.63, 3.8) is 0 Å². The van der Waals surface area contributed by atoms with E-state index in [0.717, 1.165) is 17.1 Å². The third-order valence-corrected chi connectivity index (χ3v) is 3.31. The largest absolute Gasteiger partial charge is 0.476 e. The highest BCUT2D eigenvalue weighted by atomic mass is 16.4. The van der Waals surface area contributed by atoms with E-state index >= 15 is 0 Å². The van der Waals surface area contributed by atoms with Crippen molar-refractivity contribution in [3.8, 4) is 0 Å². The van der Waals surface area contributed by atoms with Gasteiger partial charge in [-0.15, -0.1) is 5.10 Å². The van der Waals surface area contributed by atoms with E-state index in [4.69, 9.17) is 5.11 Å². The van der Waals surface area contributed by atoms with Gasteiger partial charge in [-0.1, -0.05) is 5.21 Å². The Bertz CT molecular complexity index is 848. The average molecular weight is 286 g/mol. The number of carboxylic acid groups (broad SMARTS) is 1. The highest BCUT2D eigenvalue weighted by Crippen LogP contribution is 2.11. The number of aromatic nitrogens is 6. The third kappa shape index (κ3) is 2.24. The minimum absolute atomic E-state index is 0.0380. The van der Waals surface area contributed by atoms with Crippen LogP contribution in [0.3, 0.4) is 0 Å². The maximum Gasteiger partial charge on any atom is 0.358 e. The van der Waals surface area contributed by atoms with Gasteiger partial charge in [-0.05, 0) is 26.8 Å². The van der Waals surface area contributed by atoms with Crippen molar-refractivity contribution in [1.82, 2.24) is 29.4 Å². The minimum Gasteiger partial charge on any atom is -0.476 e. The Kier molecular flexibility index (Phi) is 2.93. The first kappa shape index (κ1) is 13.2. The van der Waals surface area contributed by atoms with Gasteiger partial charge >= 0.3 is 5.97 Å². The summed E-state index contributed by atoms with van der Waals surface area (Å²) >= 11 is 0. The summed E-state index contributed by atoms with van der Waals surface area (Å²) in [6.45, 7) is 5.93. The summed E-state index contributed by atoms with van der Waals surface area (Å²) in [5, 5.41) is 16.5. The van der Waals surface area contributed by atoms with Crippen molar-refractivity contribution < 1.29 is 9.90 Å². The van der Waals surface area contributed by atoms with E-state index in [-0.39, 0.29) is 5.69 Å². The van der Waals surface area contributed by atoms with Crippen LogP contribution in [0.4, 0.5) is 0 Å². The predicted octanol–water partition coefficient (Wildman–Crippen LogP) is 0.993. The second-order valence-corrected chi connectivity index (χ2v) is 4.93. The molecule has 8 heteroatoms. The first-order valence-corrected chi connectivity index (χ1v) is 6.41. The first-order valence-electron chi connectivity index (χ1n) is 6.41. The lowest BCUT2D eigenvalue weighted by molar-refractivity contribution is 0.0689.